The molecule has 0 radical (unpaired) electrons. The molecule has 4 nitrogen and oxygen atoms in total. The summed E-state index contributed by atoms with van der Waals surface area (Å²) in [5.41, 5.74) is 10.9. The molecule has 0 fully saturated rings. The number of benzene rings is 4. The minimum absolute atomic E-state index is 0.190. The SMILES string of the molecule is CC1CC(c2ccccn2)=CC=C1C1=NC(n2c3ccccc3c3cc4ccccc4cc32)C2=C(N1)C(C)(C)c1ccccc12. The van der Waals surface area contributed by atoms with E-state index in [0.717, 1.165) is 18.0 Å². The highest BCUT2D eigenvalue weighted by Crippen LogP contribution is 2.52. The second-order valence-corrected chi connectivity index (χ2v) is 13.2. The lowest BCUT2D eigenvalue weighted by Crippen LogP contribution is -2.38. The van der Waals surface area contributed by atoms with Gasteiger partial charge in [-0.2, -0.15) is 0 Å². The Morgan fingerprint density at radius 3 is 2.36 bits per heavy atom. The fraction of sp³-hybridized carbons (Fsp3) is 0.171. The second kappa shape index (κ2) is 9.64. The molecule has 2 unspecified atom stereocenters. The van der Waals surface area contributed by atoms with Crippen LogP contribution >= 0.6 is 0 Å². The summed E-state index contributed by atoms with van der Waals surface area (Å²) < 4.78 is 2.49. The number of allylic oxidation sites excluding steroid dienone is 4. The molecule has 1 aliphatic heterocycles. The van der Waals surface area contributed by atoms with E-state index in [1.165, 1.54) is 66.1 Å². The highest BCUT2D eigenvalue weighted by molar-refractivity contribution is 6.13. The molecule has 6 aromatic rings. The highest BCUT2D eigenvalue weighted by atomic mass is 15.2. The number of aliphatic imine (C=N–C) groups is 1. The van der Waals surface area contributed by atoms with Crippen LogP contribution < -0.4 is 5.32 Å². The lowest BCUT2D eigenvalue weighted by atomic mass is 9.83. The van der Waals surface area contributed by atoms with Crippen molar-refractivity contribution in [3.8, 4) is 0 Å². The van der Waals surface area contributed by atoms with E-state index < -0.39 is 0 Å². The molecule has 0 saturated heterocycles. The molecule has 2 aliphatic carbocycles. The first-order chi connectivity index (χ1) is 22.0. The first-order valence-electron chi connectivity index (χ1n) is 15.9. The van der Waals surface area contributed by atoms with Gasteiger partial charge in [-0.15, -0.1) is 0 Å². The van der Waals surface area contributed by atoms with Crippen LogP contribution in [0, 0.1) is 5.92 Å². The fourth-order valence-electron chi connectivity index (χ4n) is 7.90. The van der Waals surface area contributed by atoms with Crippen molar-refractivity contribution in [2.24, 2.45) is 10.9 Å². The molecule has 0 amide bonds. The maximum Gasteiger partial charge on any atom is 0.156 e. The summed E-state index contributed by atoms with van der Waals surface area (Å²) in [6, 6.07) is 37.2. The normalized spacial score (nSPS) is 20.5. The number of amidine groups is 1. The molecular formula is C41H34N4. The Morgan fingerprint density at radius 2 is 1.53 bits per heavy atom. The Hall–Kier alpha value is -5.22. The van der Waals surface area contributed by atoms with Gasteiger partial charge in [0.15, 0.2) is 6.17 Å². The van der Waals surface area contributed by atoms with Gasteiger partial charge in [-0.25, -0.2) is 4.99 Å². The maximum absolute atomic E-state index is 5.68. The summed E-state index contributed by atoms with van der Waals surface area (Å²) in [6.07, 6.45) is 7.07. The molecule has 3 heterocycles. The van der Waals surface area contributed by atoms with Crippen molar-refractivity contribution in [2.45, 2.75) is 38.8 Å². The van der Waals surface area contributed by atoms with E-state index in [1.54, 1.807) is 0 Å². The average molecular weight is 583 g/mol. The van der Waals surface area contributed by atoms with Gasteiger partial charge in [0.05, 0.1) is 16.7 Å². The monoisotopic (exact) mass is 582 g/mol. The summed E-state index contributed by atoms with van der Waals surface area (Å²) in [7, 11) is 0. The van der Waals surface area contributed by atoms with Crippen LogP contribution in [-0.4, -0.2) is 15.4 Å². The molecule has 2 aromatic heterocycles. The number of aromatic nitrogens is 2. The standard InChI is InChI=1S/C41H34N4/c1-25-22-28(34-17-10-11-21-42-34)19-20-29(25)39-43-38-37(31-15-6-8-16-33(31)41(38,2)3)40(44-39)45-35-18-9-7-14-30(35)32-23-26-12-4-5-13-27(26)24-36(32)45/h4-21,23-25,40H,22H2,1-3H3,(H,43,44). The highest BCUT2D eigenvalue weighted by Gasteiger charge is 2.44. The van der Waals surface area contributed by atoms with Crippen molar-refractivity contribution in [3.63, 3.8) is 0 Å². The summed E-state index contributed by atoms with van der Waals surface area (Å²) in [6.45, 7) is 7.00. The van der Waals surface area contributed by atoms with Gasteiger partial charge < -0.3 is 9.88 Å². The molecule has 9 rings (SSSR count). The second-order valence-electron chi connectivity index (χ2n) is 13.2. The van der Waals surface area contributed by atoms with E-state index >= 15 is 0 Å². The quantitative estimate of drug-likeness (QED) is 0.226. The van der Waals surface area contributed by atoms with E-state index in [2.05, 4.69) is 145 Å². The van der Waals surface area contributed by atoms with Crippen molar-refractivity contribution >= 4 is 49.6 Å². The molecule has 45 heavy (non-hydrogen) atoms. The van der Waals surface area contributed by atoms with Crippen LogP contribution in [0.1, 0.15) is 50.2 Å². The van der Waals surface area contributed by atoms with Crippen molar-refractivity contribution < 1.29 is 0 Å². The van der Waals surface area contributed by atoms with Gasteiger partial charge in [0, 0.05) is 33.7 Å². The molecular weight excluding hydrogens is 548 g/mol. The number of nitrogens with one attached hydrogen (secondary N) is 1. The maximum atomic E-state index is 5.68. The van der Waals surface area contributed by atoms with Crippen LogP contribution in [0.4, 0.5) is 0 Å². The molecule has 4 aromatic carbocycles. The number of hydrogen-bond acceptors (Lipinski definition) is 3. The van der Waals surface area contributed by atoms with Crippen molar-refractivity contribution in [2.75, 3.05) is 0 Å². The summed E-state index contributed by atoms with van der Waals surface area (Å²) in [4.78, 5) is 10.3. The number of fused-ring (bicyclic) bond motifs is 6. The smallest absolute Gasteiger partial charge is 0.156 e. The van der Waals surface area contributed by atoms with Crippen molar-refractivity contribution in [3.05, 3.63) is 150 Å². The Bertz CT molecular complexity index is 2310. The number of pyridine rings is 1. The Kier molecular flexibility index (Phi) is 5.61. The Balaban J connectivity index is 1.31. The number of para-hydroxylation sites is 1. The molecule has 0 bridgehead atoms. The van der Waals surface area contributed by atoms with Gasteiger partial charge in [0.25, 0.3) is 0 Å². The van der Waals surface area contributed by atoms with E-state index in [0.29, 0.717) is 0 Å². The average Bonchev–Trinajstić information content (AvgIpc) is 3.52. The third-order valence-electron chi connectivity index (χ3n) is 10.1. The van der Waals surface area contributed by atoms with Gasteiger partial charge in [-0.1, -0.05) is 106 Å². The van der Waals surface area contributed by atoms with Crippen molar-refractivity contribution in [1.29, 1.82) is 0 Å². The first-order valence-corrected chi connectivity index (χ1v) is 15.9. The van der Waals surface area contributed by atoms with E-state index in [4.69, 9.17) is 4.99 Å². The molecule has 0 spiro atoms. The third-order valence-corrected chi connectivity index (χ3v) is 10.1. The molecule has 0 saturated carbocycles. The first kappa shape index (κ1) is 26.2. The Labute approximate surface area is 263 Å². The molecule has 4 heteroatoms. The van der Waals surface area contributed by atoms with E-state index in [1.807, 2.05) is 12.3 Å². The van der Waals surface area contributed by atoms with Crippen LogP contribution in [0.15, 0.2) is 138 Å². The van der Waals surface area contributed by atoms with Gasteiger partial charge in [-0.3, -0.25) is 4.98 Å². The minimum atomic E-state index is -0.225. The lowest BCUT2D eigenvalue weighted by Gasteiger charge is -2.34. The molecule has 3 aliphatic rings. The summed E-state index contributed by atoms with van der Waals surface area (Å²) in [5, 5.41) is 8.95. The predicted octanol–water partition coefficient (Wildman–Crippen LogP) is 9.60. The van der Waals surface area contributed by atoms with Gasteiger partial charge in [-0.05, 0) is 75.7 Å². The van der Waals surface area contributed by atoms with Crippen LogP contribution in [0.3, 0.4) is 0 Å². The Morgan fingerprint density at radius 1 is 0.778 bits per heavy atom. The molecule has 2 atom stereocenters. The van der Waals surface area contributed by atoms with Gasteiger partial charge >= 0.3 is 0 Å². The van der Waals surface area contributed by atoms with Gasteiger partial charge in [0.2, 0.25) is 0 Å². The topological polar surface area (TPSA) is 42.2 Å². The lowest BCUT2D eigenvalue weighted by molar-refractivity contribution is 0.588. The van der Waals surface area contributed by atoms with Crippen LogP contribution in [0.25, 0.3) is 43.7 Å². The zero-order chi connectivity index (χ0) is 30.3. The number of nitrogens with zero attached hydrogens (tertiary/aromatic N) is 3. The largest absolute Gasteiger partial charge is 0.343 e. The number of rotatable bonds is 3. The predicted molar refractivity (Wildman–Crippen MR) is 187 cm³/mol. The van der Waals surface area contributed by atoms with Crippen molar-refractivity contribution in [1.82, 2.24) is 14.9 Å². The van der Waals surface area contributed by atoms with E-state index in [-0.39, 0.29) is 17.5 Å². The number of hydrogen-bond donors (Lipinski definition) is 1. The van der Waals surface area contributed by atoms with Crippen LogP contribution in [0.5, 0.6) is 0 Å². The molecule has 218 valence electrons. The van der Waals surface area contributed by atoms with Gasteiger partial charge in [0.1, 0.15) is 5.84 Å². The summed E-state index contributed by atoms with van der Waals surface area (Å²) in [5.74, 6) is 1.25. The summed E-state index contributed by atoms with van der Waals surface area (Å²) >= 11 is 0. The molecule has 1 N–H and O–H groups in total. The van der Waals surface area contributed by atoms with Crippen LogP contribution in [-0.2, 0) is 5.41 Å². The minimum Gasteiger partial charge on any atom is -0.343 e. The third kappa shape index (κ3) is 3.85. The zero-order valence-corrected chi connectivity index (χ0v) is 25.8. The van der Waals surface area contributed by atoms with Crippen LogP contribution in [0.2, 0.25) is 0 Å². The fourth-order valence-corrected chi connectivity index (χ4v) is 7.90. The zero-order valence-electron chi connectivity index (χ0n) is 25.8. The van der Waals surface area contributed by atoms with E-state index in [9.17, 15) is 0 Å².